The first kappa shape index (κ1) is 13.4. The van der Waals surface area contributed by atoms with Crippen molar-refractivity contribution in [3.8, 4) is 0 Å². The lowest BCUT2D eigenvalue weighted by molar-refractivity contribution is -0.0321. The lowest BCUT2D eigenvalue weighted by Crippen LogP contribution is -2.38. The first-order chi connectivity index (χ1) is 10.3. The maximum absolute atomic E-state index is 5.90. The third-order valence-electron chi connectivity index (χ3n) is 4.19. The van der Waals surface area contributed by atoms with E-state index in [0.29, 0.717) is 5.92 Å². The Morgan fingerprint density at radius 2 is 2.33 bits per heavy atom. The molecule has 1 saturated heterocycles. The van der Waals surface area contributed by atoms with Crippen LogP contribution in [-0.4, -0.2) is 39.4 Å². The molecule has 0 amide bonds. The van der Waals surface area contributed by atoms with Gasteiger partial charge < -0.3 is 4.74 Å². The summed E-state index contributed by atoms with van der Waals surface area (Å²) in [4.78, 5) is 8.47. The van der Waals surface area contributed by atoms with Crippen LogP contribution in [0.5, 0.6) is 0 Å². The summed E-state index contributed by atoms with van der Waals surface area (Å²) in [5.74, 6) is 2.73. The summed E-state index contributed by atoms with van der Waals surface area (Å²) >= 11 is 1.77. The van der Waals surface area contributed by atoms with Crippen molar-refractivity contribution in [2.24, 2.45) is 7.05 Å². The number of ether oxygens (including phenoxy) is 1. The molecule has 1 saturated carbocycles. The van der Waals surface area contributed by atoms with Gasteiger partial charge in [0.15, 0.2) is 5.82 Å². The molecule has 2 aromatic heterocycles. The molecule has 1 atom stereocenters. The summed E-state index contributed by atoms with van der Waals surface area (Å²) < 4.78 is 7.85. The topological polar surface area (TPSA) is 43.2 Å². The summed E-state index contributed by atoms with van der Waals surface area (Å²) in [7, 11) is 2.01. The summed E-state index contributed by atoms with van der Waals surface area (Å²) in [6.45, 7) is 3.55. The second-order valence-corrected chi connectivity index (χ2v) is 6.87. The Labute approximate surface area is 128 Å². The summed E-state index contributed by atoms with van der Waals surface area (Å²) in [6.07, 6.45) is 2.71. The Hall–Kier alpha value is -1.24. The van der Waals surface area contributed by atoms with Crippen LogP contribution >= 0.6 is 11.3 Å². The van der Waals surface area contributed by atoms with Gasteiger partial charge in [0.2, 0.25) is 0 Å². The summed E-state index contributed by atoms with van der Waals surface area (Å²) in [6, 6.07) is 4.25. The quantitative estimate of drug-likeness (QED) is 0.869. The molecular formula is C15H20N4OS. The van der Waals surface area contributed by atoms with E-state index in [1.54, 1.807) is 11.3 Å². The maximum atomic E-state index is 5.90. The fraction of sp³-hybridized carbons (Fsp3) is 0.600. The number of thiophene rings is 1. The van der Waals surface area contributed by atoms with Crippen LogP contribution in [0.1, 0.15) is 41.4 Å². The molecule has 0 spiro atoms. The van der Waals surface area contributed by atoms with Gasteiger partial charge in [-0.3, -0.25) is 9.58 Å². The Balaban J connectivity index is 1.44. The van der Waals surface area contributed by atoms with Crippen LogP contribution in [0.25, 0.3) is 0 Å². The molecule has 6 heteroatoms. The Kier molecular flexibility index (Phi) is 3.52. The van der Waals surface area contributed by atoms with Crippen molar-refractivity contribution >= 4 is 11.3 Å². The van der Waals surface area contributed by atoms with E-state index in [9.17, 15) is 0 Å². The van der Waals surface area contributed by atoms with Crippen LogP contribution in [0, 0.1) is 0 Å². The zero-order valence-corrected chi connectivity index (χ0v) is 13.1. The van der Waals surface area contributed by atoms with Gasteiger partial charge in [-0.25, -0.2) is 4.98 Å². The number of morpholine rings is 1. The van der Waals surface area contributed by atoms with Gasteiger partial charge in [0.25, 0.3) is 0 Å². The minimum atomic E-state index is 0.204. The standard InChI is InChI=1S/C15H20N4OS/c1-18-14(16-15(17-18)11-4-5-11)10-19-6-7-20-12(9-19)13-3-2-8-21-13/h2-3,8,11-12H,4-7,9-10H2,1H3/t12-/m0/s1. The number of aromatic nitrogens is 3. The van der Waals surface area contributed by atoms with Crippen molar-refractivity contribution in [3.63, 3.8) is 0 Å². The molecule has 0 aromatic carbocycles. The third-order valence-corrected chi connectivity index (χ3v) is 5.15. The van der Waals surface area contributed by atoms with Crippen molar-refractivity contribution in [1.29, 1.82) is 0 Å². The normalized spacial score (nSPS) is 23.6. The molecule has 1 aliphatic carbocycles. The fourth-order valence-corrected chi connectivity index (χ4v) is 3.55. The predicted octanol–water partition coefficient (Wildman–Crippen LogP) is 2.33. The molecular weight excluding hydrogens is 284 g/mol. The second kappa shape index (κ2) is 5.51. The SMILES string of the molecule is Cn1nc(C2CC2)nc1CN1CCO[C@H](c2cccs2)C1. The molecule has 0 N–H and O–H groups in total. The van der Waals surface area contributed by atoms with Crippen LogP contribution in [0.3, 0.4) is 0 Å². The lowest BCUT2D eigenvalue weighted by Gasteiger charge is -2.32. The molecule has 21 heavy (non-hydrogen) atoms. The largest absolute Gasteiger partial charge is 0.370 e. The molecule has 3 heterocycles. The Morgan fingerprint density at radius 3 is 3.10 bits per heavy atom. The Morgan fingerprint density at radius 1 is 1.43 bits per heavy atom. The zero-order chi connectivity index (χ0) is 14.2. The lowest BCUT2D eigenvalue weighted by atomic mass is 10.2. The van der Waals surface area contributed by atoms with E-state index in [0.717, 1.165) is 37.9 Å². The summed E-state index contributed by atoms with van der Waals surface area (Å²) in [5, 5.41) is 6.67. The van der Waals surface area contributed by atoms with Gasteiger partial charge in [-0.05, 0) is 24.3 Å². The van der Waals surface area contributed by atoms with Crippen molar-refractivity contribution in [3.05, 3.63) is 34.0 Å². The summed E-state index contributed by atoms with van der Waals surface area (Å²) in [5.41, 5.74) is 0. The van der Waals surface area contributed by atoms with E-state index < -0.39 is 0 Å². The van der Waals surface area contributed by atoms with E-state index in [4.69, 9.17) is 9.72 Å². The van der Waals surface area contributed by atoms with E-state index in [1.165, 1.54) is 17.7 Å². The molecule has 1 aliphatic heterocycles. The number of aryl methyl sites for hydroxylation is 1. The number of hydrogen-bond acceptors (Lipinski definition) is 5. The van der Waals surface area contributed by atoms with Crippen LogP contribution in [0.2, 0.25) is 0 Å². The van der Waals surface area contributed by atoms with E-state index in [2.05, 4.69) is 27.5 Å². The minimum Gasteiger partial charge on any atom is -0.370 e. The van der Waals surface area contributed by atoms with Gasteiger partial charge in [-0.2, -0.15) is 5.10 Å². The average Bonchev–Trinajstić information content (AvgIpc) is 3.07. The number of rotatable bonds is 4. The number of hydrogen-bond donors (Lipinski definition) is 0. The molecule has 2 aliphatic rings. The van der Waals surface area contributed by atoms with E-state index >= 15 is 0 Å². The molecule has 2 fully saturated rings. The third kappa shape index (κ3) is 2.88. The highest BCUT2D eigenvalue weighted by molar-refractivity contribution is 7.10. The molecule has 0 radical (unpaired) electrons. The molecule has 5 nitrogen and oxygen atoms in total. The molecule has 2 aromatic rings. The van der Waals surface area contributed by atoms with Crippen molar-refractivity contribution in [2.45, 2.75) is 31.4 Å². The van der Waals surface area contributed by atoms with Crippen LogP contribution < -0.4 is 0 Å². The van der Waals surface area contributed by atoms with E-state index in [-0.39, 0.29) is 6.10 Å². The van der Waals surface area contributed by atoms with Crippen LogP contribution in [-0.2, 0) is 18.3 Å². The maximum Gasteiger partial charge on any atom is 0.154 e. The molecule has 4 rings (SSSR count). The first-order valence-corrected chi connectivity index (χ1v) is 8.45. The van der Waals surface area contributed by atoms with Crippen molar-refractivity contribution in [2.75, 3.05) is 19.7 Å². The van der Waals surface area contributed by atoms with E-state index in [1.807, 2.05) is 11.7 Å². The second-order valence-electron chi connectivity index (χ2n) is 5.89. The predicted molar refractivity (Wildman–Crippen MR) is 81.3 cm³/mol. The highest BCUT2D eigenvalue weighted by atomic mass is 32.1. The molecule has 0 bridgehead atoms. The number of nitrogens with zero attached hydrogens (tertiary/aromatic N) is 4. The van der Waals surface area contributed by atoms with Crippen molar-refractivity contribution in [1.82, 2.24) is 19.7 Å². The van der Waals surface area contributed by atoms with Gasteiger partial charge in [0, 0.05) is 30.9 Å². The molecule has 112 valence electrons. The van der Waals surface area contributed by atoms with Gasteiger partial charge >= 0.3 is 0 Å². The van der Waals surface area contributed by atoms with Crippen LogP contribution in [0.15, 0.2) is 17.5 Å². The monoisotopic (exact) mass is 304 g/mol. The molecule has 0 unspecified atom stereocenters. The van der Waals surface area contributed by atoms with Crippen molar-refractivity contribution < 1.29 is 4.74 Å². The minimum absolute atomic E-state index is 0.204. The fourth-order valence-electron chi connectivity index (χ4n) is 2.78. The van der Waals surface area contributed by atoms with Gasteiger partial charge in [0.05, 0.1) is 13.2 Å². The Bertz CT molecular complexity index is 605. The average molecular weight is 304 g/mol. The van der Waals surface area contributed by atoms with Gasteiger partial charge in [-0.1, -0.05) is 6.07 Å². The first-order valence-electron chi connectivity index (χ1n) is 7.57. The van der Waals surface area contributed by atoms with Gasteiger partial charge in [-0.15, -0.1) is 11.3 Å². The highest BCUT2D eigenvalue weighted by Crippen LogP contribution is 2.38. The highest BCUT2D eigenvalue weighted by Gasteiger charge is 2.29. The van der Waals surface area contributed by atoms with Crippen LogP contribution in [0.4, 0.5) is 0 Å². The zero-order valence-electron chi connectivity index (χ0n) is 12.2. The van der Waals surface area contributed by atoms with Gasteiger partial charge in [0.1, 0.15) is 11.9 Å². The smallest absolute Gasteiger partial charge is 0.154 e.